The monoisotopic (exact) mass is 1100 g/mol. The Hall–Kier alpha value is -7.33. The minimum Gasteiger partial charge on any atom is -0.508 e. The number of amides is 12. The molecule has 76 heavy (non-hydrogen) atoms. The number of phenols is 1. The quantitative estimate of drug-likeness (QED) is 0.0272. The van der Waals surface area contributed by atoms with Gasteiger partial charge in [0.1, 0.15) is 60.6 Å². The molecule has 0 unspecified atom stereocenters. The normalized spacial score (nSPS) is 22.9. The lowest BCUT2D eigenvalue weighted by Crippen LogP contribution is -2.62. The summed E-state index contributed by atoms with van der Waals surface area (Å²) < 4.78 is 0. The number of benzene rings is 1. The Morgan fingerprint density at radius 1 is 0.842 bits per heavy atom. The van der Waals surface area contributed by atoms with Gasteiger partial charge in [0.15, 0.2) is 0 Å². The lowest BCUT2D eigenvalue weighted by molar-refractivity contribution is -0.148. The second-order valence-electron chi connectivity index (χ2n) is 18.7. The van der Waals surface area contributed by atoms with E-state index in [2.05, 4.69) is 47.2 Å². The molecule has 0 aromatic heterocycles. The van der Waals surface area contributed by atoms with Gasteiger partial charge in [-0.1, -0.05) is 73.0 Å². The fourth-order valence-corrected chi connectivity index (χ4v) is 10.4. The van der Waals surface area contributed by atoms with Crippen molar-refractivity contribution in [3.63, 3.8) is 0 Å². The molecule has 30 heteroatoms. The van der Waals surface area contributed by atoms with E-state index in [0.717, 1.165) is 21.6 Å². The molecule has 28 nitrogen and oxygen atoms in total. The molecule has 1 aromatic rings. The first-order chi connectivity index (χ1) is 35.9. The highest BCUT2D eigenvalue weighted by molar-refractivity contribution is 8.76. The van der Waals surface area contributed by atoms with Crippen LogP contribution >= 0.6 is 21.6 Å². The molecule has 0 spiro atoms. The number of nitrogens with one attached hydrogen (secondary N) is 7. The van der Waals surface area contributed by atoms with Crippen LogP contribution in [0.2, 0.25) is 0 Å². The number of hydrogen-bond acceptors (Lipinski definition) is 16. The Balaban J connectivity index is 2.18. The molecular formula is C46H69N15O13S2. The maximum Gasteiger partial charge on any atom is 0.246 e. The number of phenolic OH excluding ortho intramolecular Hbond substituents is 1. The number of hydrogen-bond donors (Lipinski definition) is 11. The molecule has 2 heterocycles. The topological polar surface area (TPSA) is 443 Å². The molecule has 2 fully saturated rings. The number of primary amides is 3. The van der Waals surface area contributed by atoms with Crippen LogP contribution in [-0.4, -0.2) is 172 Å². The Morgan fingerprint density at radius 3 is 2.07 bits per heavy atom. The maximum absolute atomic E-state index is 14.8. The van der Waals surface area contributed by atoms with Gasteiger partial charge >= 0.3 is 0 Å². The summed E-state index contributed by atoms with van der Waals surface area (Å²) >= 11 is 0. The highest BCUT2D eigenvalue weighted by Crippen LogP contribution is 2.27. The van der Waals surface area contributed by atoms with E-state index in [4.69, 9.17) is 22.7 Å². The van der Waals surface area contributed by atoms with Crippen molar-refractivity contribution in [2.24, 2.45) is 34.2 Å². The number of nitrogens with zero attached hydrogens (tertiary/aromatic N) is 5. The van der Waals surface area contributed by atoms with Crippen molar-refractivity contribution in [2.45, 2.75) is 127 Å². The van der Waals surface area contributed by atoms with Gasteiger partial charge in [-0.05, 0) is 60.7 Å². The van der Waals surface area contributed by atoms with Crippen LogP contribution in [0.5, 0.6) is 5.75 Å². The van der Waals surface area contributed by atoms with E-state index < -0.39 is 157 Å². The molecule has 14 N–H and O–H groups in total. The molecule has 0 saturated carbocycles. The second kappa shape index (κ2) is 30.9. The molecule has 12 amide bonds. The zero-order valence-corrected chi connectivity index (χ0v) is 44.5. The number of likely N-dealkylation sites (tertiary alicyclic amines) is 1. The molecule has 2 saturated heterocycles. The van der Waals surface area contributed by atoms with E-state index in [1.165, 1.54) is 41.1 Å². The molecule has 418 valence electrons. The van der Waals surface area contributed by atoms with E-state index in [1.807, 2.05) is 13.8 Å². The van der Waals surface area contributed by atoms with Crippen LogP contribution in [0.3, 0.4) is 0 Å². The summed E-state index contributed by atoms with van der Waals surface area (Å²) in [4.78, 5) is 168. The molecule has 0 bridgehead atoms. The van der Waals surface area contributed by atoms with Crippen LogP contribution in [0.1, 0.15) is 78.2 Å². The number of rotatable bonds is 20. The molecule has 2 aliphatic heterocycles. The summed E-state index contributed by atoms with van der Waals surface area (Å²) in [5.74, 6) is -12.3. The number of aromatic hydroxyl groups is 1. The van der Waals surface area contributed by atoms with Gasteiger partial charge in [-0.2, -0.15) is 0 Å². The molecular weight excluding hydrogens is 1030 g/mol. The number of nitrogens with two attached hydrogens (primary N) is 3. The van der Waals surface area contributed by atoms with Gasteiger partial charge in [0.25, 0.3) is 0 Å². The van der Waals surface area contributed by atoms with Gasteiger partial charge in [0.05, 0.1) is 13.0 Å². The fraction of sp³-hybridized carbons (Fsp3) is 0.609. The van der Waals surface area contributed by atoms with Crippen molar-refractivity contribution in [1.82, 2.24) is 47.0 Å². The van der Waals surface area contributed by atoms with Crippen molar-refractivity contribution in [3.8, 4) is 5.75 Å². The molecule has 2 aliphatic rings. The van der Waals surface area contributed by atoms with Crippen LogP contribution in [0.25, 0.3) is 10.4 Å². The summed E-state index contributed by atoms with van der Waals surface area (Å²) in [7, 11) is 3.19. The Labute approximate surface area is 446 Å². The minimum atomic E-state index is -1.82. The molecule has 0 aliphatic carbocycles. The van der Waals surface area contributed by atoms with Gasteiger partial charge in [-0.15, -0.1) is 0 Å². The van der Waals surface area contributed by atoms with Crippen molar-refractivity contribution < 1.29 is 62.6 Å². The van der Waals surface area contributed by atoms with E-state index in [9.17, 15) is 62.6 Å². The average Bonchev–Trinajstić information content (AvgIpc) is 3.86. The Kier molecular flexibility index (Phi) is 25.6. The first kappa shape index (κ1) is 63.0. The lowest BCUT2D eigenvalue weighted by Gasteiger charge is -2.34. The van der Waals surface area contributed by atoms with Gasteiger partial charge in [0, 0.05) is 42.9 Å². The smallest absolute Gasteiger partial charge is 0.246 e. The highest BCUT2D eigenvalue weighted by Gasteiger charge is 2.43. The molecule has 0 radical (unpaired) electrons. The third kappa shape index (κ3) is 20.1. The van der Waals surface area contributed by atoms with Crippen LogP contribution in [0, 0.1) is 11.8 Å². The van der Waals surface area contributed by atoms with Gasteiger partial charge < -0.3 is 69.3 Å². The minimum absolute atomic E-state index is 0.00530. The van der Waals surface area contributed by atoms with Crippen molar-refractivity contribution >= 4 is 92.5 Å². The third-order valence-electron chi connectivity index (χ3n) is 12.3. The Morgan fingerprint density at radius 2 is 1.46 bits per heavy atom. The summed E-state index contributed by atoms with van der Waals surface area (Å²) in [6.45, 7) is 5.72. The van der Waals surface area contributed by atoms with E-state index in [0.29, 0.717) is 12.0 Å². The zero-order chi connectivity index (χ0) is 56.8. The molecule has 9 atom stereocenters. The largest absolute Gasteiger partial charge is 0.508 e. The number of likely N-dealkylation sites (N-methyl/N-ethyl adjacent to an activating group) is 1. The van der Waals surface area contributed by atoms with Crippen molar-refractivity contribution in [3.05, 3.63) is 40.3 Å². The predicted octanol–water partition coefficient (Wildman–Crippen LogP) is -2.80. The van der Waals surface area contributed by atoms with E-state index in [1.54, 1.807) is 13.8 Å². The second-order valence-corrected chi connectivity index (χ2v) is 21.3. The SMILES string of the molecule is CC[C@H](C)[C@@H]1NC(=O)[C@H](Cc2ccc(O)cc2)NC(=O)[C@@H](NC(=O)CN=[N+]=[N-])CSSC[C@@H](C(=O)N2CCC[C@H]2C(=O)N(C)[C@@H](CC(C)C)C(=O)NCC(N)=O)NC(=O)[C@H](CC(N)=O)NC(=O)[C@H](CCC(N)=O)NC1=O. The van der Waals surface area contributed by atoms with Crippen LogP contribution in [-0.2, 0) is 64.0 Å². The van der Waals surface area contributed by atoms with E-state index in [-0.39, 0.29) is 55.4 Å². The summed E-state index contributed by atoms with van der Waals surface area (Å²) in [5, 5.41) is 30.8. The lowest BCUT2D eigenvalue weighted by atomic mass is 9.96. The van der Waals surface area contributed by atoms with Crippen molar-refractivity contribution in [1.29, 1.82) is 0 Å². The van der Waals surface area contributed by atoms with Gasteiger partial charge in [-0.25, -0.2) is 0 Å². The number of carbonyl (C=O) groups is 12. The standard InChI is InChI=1S/C46H69N15O13S2/c1-6-24(4)38-44(72)54-27(13-14-34(47)63)39(67)56-29(18-35(48)64)40(68)57-31(45(73)61-15-7-8-32(61)46(74)60(5)33(16-23(2)3)43(71)51-19-36(49)65)22-76-75-21-30(53-37(66)20-52-59-50)42(70)55-28(41(69)58-38)17-25-9-11-26(62)12-10-25/h9-12,23-24,27-33,38,62H,6-8,13-22H2,1-5H3,(H2,47,63)(H2,48,64)(H2,49,65)(H,51,71)(H,53,66)(H,54,72)(H,55,70)(H,56,67)(H,57,68)(H,58,69)/t24-,27-,28-,29-,30-,31-,32-,33-,38-/m0/s1. The van der Waals surface area contributed by atoms with E-state index >= 15 is 0 Å². The zero-order valence-electron chi connectivity index (χ0n) is 42.9. The average molecular weight is 1100 g/mol. The first-order valence-corrected chi connectivity index (χ1v) is 26.9. The maximum atomic E-state index is 14.8. The van der Waals surface area contributed by atoms with Gasteiger partial charge in [-0.3, -0.25) is 57.5 Å². The number of carbonyl (C=O) groups excluding carboxylic acids is 12. The third-order valence-corrected chi connectivity index (χ3v) is 14.7. The van der Waals surface area contributed by atoms with Crippen LogP contribution in [0.4, 0.5) is 0 Å². The summed E-state index contributed by atoms with van der Waals surface area (Å²) in [6, 6.07) is -6.03. The molecule has 3 rings (SSSR count). The van der Waals surface area contributed by atoms with Crippen LogP contribution in [0.15, 0.2) is 29.4 Å². The highest BCUT2D eigenvalue weighted by atomic mass is 33.1. The van der Waals surface area contributed by atoms with Gasteiger partial charge in [0.2, 0.25) is 70.9 Å². The predicted molar refractivity (Wildman–Crippen MR) is 277 cm³/mol. The first-order valence-electron chi connectivity index (χ1n) is 24.4. The summed E-state index contributed by atoms with van der Waals surface area (Å²) in [5.41, 5.74) is 25.5. The Bertz CT molecular complexity index is 2360. The fourth-order valence-electron chi connectivity index (χ4n) is 8.06. The molecule has 1 aromatic carbocycles. The van der Waals surface area contributed by atoms with Crippen LogP contribution < -0.4 is 54.4 Å². The number of azide groups is 1. The summed E-state index contributed by atoms with van der Waals surface area (Å²) in [6.07, 6.45) is -1.11. The van der Waals surface area contributed by atoms with Crippen molar-refractivity contribution in [2.75, 3.05) is 38.2 Å².